The molecular weight excluding hydrogens is 280 g/mol. The van der Waals surface area contributed by atoms with Crippen LogP contribution < -0.4 is 0 Å². The Balaban J connectivity index is 3.07. The van der Waals surface area contributed by atoms with Gasteiger partial charge in [0.15, 0.2) is 0 Å². The third-order valence-corrected chi connectivity index (χ3v) is 3.86. The Morgan fingerprint density at radius 2 is 1.95 bits per heavy atom. The lowest BCUT2D eigenvalue weighted by atomic mass is 9.87. The Labute approximate surface area is 123 Å². The van der Waals surface area contributed by atoms with Gasteiger partial charge in [-0.3, -0.25) is 14.9 Å². The standard InChI is InChI=1S/C14H19ClN2O3/c1-9(14(2,3)4)16(5)13(18)11-7-6-10(17(19)20)8-12(11)15/h6-9H,1-5H3. The SMILES string of the molecule is CC(N(C)C(=O)c1ccc([N+](=O)[O-])cc1Cl)C(C)(C)C. The molecule has 0 heterocycles. The zero-order valence-corrected chi connectivity index (χ0v) is 13.1. The number of carbonyl (C=O) groups is 1. The molecule has 0 aromatic heterocycles. The van der Waals surface area contributed by atoms with Gasteiger partial charge in [-0.05, 0) is 18.4 Å². The third-order valence-electron chi connectivity index (χ3n) is 3.55. The first-order valence-corrected chi connectivity index (χ1v) is 6.64. The quantitative estimate of drug-likeness (QED) is 0.630. The highest BCUT2D eigenvalue weighted by Crippen LogP contribution is 2.27. The number of carbonyl (C=O) groups excluding carboxylic acids is 1. The van der Waals surface area contributed by atoms with Crippen molar-refractivity contribution in [2.24, 2.45) is 5.41 Å². The number of nitro benzene ring substituents is 1. The van der Waals surface area contributed by atoms with Crippen LogP contribution in [0.5, 0.6) is 0 Å². The first kappa shape index (κ1) is 16.4. The normalized spacial score (nSPS) is 12.9. The van der Waals surface area contributed by atoms with Crippen molar-refractivity contribution in [2.45, 2.75) is 33.7 Å². The van der Waals surface area contributed by atoms with Crippen LogP contribution in [0, 0.1) is 15.5 Å². The van der Waals surface area contributed by atoms with E-state index >= 15 is 0 Å². The molecule has 0 aliphatic heterocycles. The van der Waals surface area contributed by atoms with Gasteiger partial charge in [0, 0.05) is 25.2 Å². The fourth-order valence-corrected chi connectivity index (χ4v) is 1.99. The van der Waals surface area contributed by atoms with Gasteiger partial charge in [0.2, 0.25) is 0 Å². The second-order valence-corrected chi connectivity index (χ2v) is 6.29. The molecule has 110 valence electrons. The van der Waals surface area contributed by atoms with Gasteiger partial charge in [-0.2, -0.15) is 0 Å². The molecule has 6 heteroatoms. The largest absolute Gasteiger partial charge is 0.338 e. The van der Waals surface area contributed by atoms with Crippen molar-refractivity contribution in [1.29, 1.82) is 0 Å². The predicted octanol–water partition coefficient (Wildman–Crippen LogP) is 3.75. The van der Waals surface area contributed by atoms with E-state index in [9.17, 15) is 14.9 Å². The maximum absolute atomic E-state index is 12.4. The number of nitrogens with zero attached hydrogens (tertiary/aromatic N) is 2. The summed E-state index contributed by atoms with van der Waals surface area (Å²) < 4.78 is 0. The molecule has 20 heavy (non-hydrogen) atoms. The summed E-state index contributed by atoms with van der Waals surface area (Å²) in [6.45, 7) is 8.08. The van der Waals surface area contributed by atoms with Gasteiger partial charge in [-0.25, -0.2) is 0 Å². The molecule has 5 nitrogen and oxygen atoms in total. The molecule has 1 rings (SSSR count). The van der Waals surface area contributed by atoms with E-state index in [0.717, 1.165) is 0 Å². The lowest BCUT2D eigenvalue weighted by Gasteiger charge is -2.35. The first-order chi connectivity index (χ1) is 9.05. The molecule has 1 atom stereocenters. The maximum Gasteiger partial charge on any atom is 0.270 e. The van der Waals surface area contributed by atoms with Crippen molar-refractivity contribution in [2.75, 3.05) is 7.05 Å². The number of amides is 1. The maximum atomic E-state index is 12.4. The summed E-state index contributed by atoms with van der Waals surface area (Å²) in [5.74, 6) is -0.243. The summed E-state index contributed by atoms with van der Waals surface area (Å²) in [6.07, 6.45) is 0. The van der Waals surface area contributed by atoms with Gasteiger partial charge in [-0.15, -0.1) is 0 Å². The zero-order valence-electron chi connectivity index (χ0n) is 12.3. The smallest absolute Gasteiger partial charge is 0.270 e. The van der Waals surface area contributed by atoms with Crippen LogP contribution in [-0.4, -0.2) is 28.8 Å². The number of non-ortho nitro benzene ring substituents is 1. The van der Waals surface area contributed by atoms with Gasteiger partial charge in [-0.1, -0.05) is 32.4 Å². The van der Waals surface area contributed by atoms with Crippen molar-refractivity contribution in [3.8, 4) is 0 Å². The van der Waals surface area contributed by atoms with E-state index in [1.807, 2.05) is 27.7 Å². The van der Waals surface area contributed by atoms with E-state index in [1.165, 1.54) is 18.2 Å². The lowest BCUT2D eigenvalue weighted by Crippen LogP contribution is -2.43. The first-order valence-electron chi connectivity index (χ1n) is 6.26. The summed E-state index contributed by atoms with van der Waals surface area (Å²) >= 11 is 5.98. The highest BCUT2D eigenvalue weighted by atomic mass is 35.5. The number of benzene rings is 1. The molecule has 1 unspecified atom stereocenters. The molecule has 0 aliphatic carbocycles. The minimum Gasteiger partial charge on any atom is -0.338 e. The summed E-state index contributed by atoms with van der Waals surface area (Å²) in [4.78, 5) is 24.1. The van der Waals surface area contributed by atoms with Crippen molar-refractivity contribution in [3.05, 3.63) is 38.9 Å². The number of hydrogen-bond donors (Lipinski definition) is 0. The van der Waals surface area contributed by atoms with Crippen molar-refractivity contribution < 1.29 is 9.72 Å². The summed E-state index contributed by atoms with van der Waals surface area (Å²) in [5.41, 5.74) is 0.0754. The van der Waals surface area contributed by atoms with Crippen LogP contribution >= 0.6 is 11.6 Å². The molecule has 0 radical (unpaired) electrons. The molecule has 0 saturated carbocycles. The molecule has 1 aromatic rings. The van der Waals surface area contributed by atoms with Gasteiger partial charge in [0.05, 0.1) is 15.5 Å². The molecule has 0 fully saturated rings. The summed E-state index contributed by atoms with van der Waals surface area (Å²) in [6, 6.07) is 3.88. The van der Waals surface area contributed by atoms with Crippen LogP contribution in [0.4, 0.5) is 5.69 Å². The number of hydrogen-bond acceptors (Lipinski definition) is 3. The Hall–Kier alpha value is -1.62. The molecule has 0 saturated heterocycles. The van der Waals surface area contributed by atoms with Crippen LogP contribution in [0.3, 0.4) is 0 Å². The average molecular weight is 299 g/mol. The van der Waals surface area contributed by atoms with Crippen molar-refractivity contribution in [1.82, 2.24) is 4.90 Å². The minimum absolute atomic E-state index is 0.00117. The molecule has 1 amide bonds. The Morgan fingerprint density at radius 3 is 2.35 bits per heavy atom. The lowest BCUT2D eigenvalue weighted by molar-refractivity contribution is -0.384. The topological polar surface area (TPSA) is 63.5 Å². The fraction of sp³-hybridized carbons (Fsp3) is 0.500. The van der Waals surface area contributed by atoms with Crippen LogP contribution in [0.1, 0.15) is 38.1 Å². The number of nitro groups is 1. The van der Waals surface area contributed by atoms with Gasteiger partial charge in [0.25, 0.3) is 11.6 Å². The molecule has 0 bridgehead atoms. The molecule has 0 spiro atoms. The van der Waals surface area contributed by atoms with Gasteiger partial charge in [0.1, 0.15) is 0 Å². The average Bonchev–Trinajstić information content (AvgIpc) is 2.34. The zero-order chi connectivity index (χ0) is 15.7. The summed E-state index contributed by atoms with van der Waals surface area (Å²) in [5, 5.41) is 10.8. The van der Waals surface area contributed by atoms with E-state index in [0.29, 0.717) is 0 Å². The van der Waals surface area contributed by atoms with Gasteiger partial charge >= 0.3 is 0 Å². The van der Waals surface area contributed by atoms with E-state index in [4.69, 9.17) is 11.6 Å². The Morgan fingerprint density at radius 1 is 1.40 bits per heavy atom. The van der Waals surface area contributed by atoms with E-state index in [2.05, 4.69) is 0 Å². The number of rotatable bonds is 3. The van der Waals surface area contributed by atoms with Crippen LogP contribution in [0.2, 0.25) is 5.02 Å². The molecule has 0 aliphatic rings. The number of halogens is 1. The predicted molar refractivity (Wildman–Crippen MR) is 79.1 cm³/mol. The second kappa shape index (κ2) is 5.79. The van der Waals surface area contributed by atoms with Crippen LogP contribution in [-0.2, 0) is 0 Å². The Kier molecular flexibility index (Phi) is 4.76. The second-order valence-electron chi connectivity index (χ2n) is 5.88. The molecular formula is C14H19ClN2O3. The molecule has 1 aromatic carbocycles. The van der Waals surface area contributed by atoms with Crippen molar-refractivity contribution in [3.63, 3.8) is 0 Å². The Bertz CT molecular complexity index is 538. The van der Waals surface area contributed by atoms with Gasteiger partial charge < -0.3 is 4.90 Å². The highest BCUT2D eigenvalue weighted by Gasteiger charge is 2.28. The summed E-state index contributed by atoms with van der Waals surface area (Å²) in [7, 11) is 1.70. The van der Waals surface area contributed by atoms with E-state index in [-0.39, 0.29) is 33.6 Å². The van der Waals surface area contributed by atoms with E-state index < -0.39 is 4.92 Å². The minimum atomic E-state index is -0.540. The van der Waals surface area contributed by atoms with Crippen LogP contribution in [0.15, 0.2) is 18.2 Å². The molecule has 0 N–H and O–H groups in total. The van der Waals surface area contributed by atoms with Crippen LogP contribution in [0.25, 0.3) is 0 Å². The monoisotopic (exact) mass is 298 g/mol. The van der Waals surface area contributed by atoms with E-state index in [1.54, 1.807) is 11.9 Å². The fourth-order valence-electron chi connectivity index (χ4n) is 1.74. The highest BCUT2D eigenvalue weighted by molar-refractivity contribution is 6.34. The third kappa shape index (κ3) is 3.48. The van der Waals surface area contributed by atoms with Crippen molar-refractivity contribution >= 4 is 23.2 Å².